The van der Waals surface area contributed by atoms with Crippen LogP contribution in [0, 0.1) is 6.92 Å². The van der Waals surface area contributed by atoms with Gasteiger partial charge in [-0.3, -0.25) is 9.59 Å². The van der Waals surface area contributed by atoms with Crippen LogP contribution in [0.4, 0.5) is 5.69 Å². The van der Waals surface area contributed by atoms with Gasteiger partial charge in [-0.25, -0.2) is 5.43 Å². The predicted molar refractivity (Wildman–Crippen MR) is 65.0 cm³/mol. The maximum atomic E-state index is 11.7. The number of nitrogens with one attached hydrogen (secondary N) is 2. The van der Waals surface area contributed by atoms with Gasteiger partial charge in [-0.1, -0.05) is 11.6 Å². The lowest BCUT2D eigenvalue weighted by molar-refractivity contribution is -0.119. The minimum absolute atomic E-state index is 0.0124. The van der Waals surface area contributed by atoms with Gasteiger partial charge < -0.3 is 5.32 Å². The number of hydrogen-bond acceptors (Lipinski definition) is 3. The van der Waals surface area contributed by atoms with E-state index in [2.05, 4.69) is 15.8 Å². The summed E-state index contributed by atoms with van der Waals surface area (Å²) in [5.41, 5.74) is 3.92. The van der Waals surface area contributed by atoms with Crippen LogP contribution in [0.2, 0.25) is 5.02 Å². The standard InChI is InChI=1S/C11H10ClN3O2/c1-6-4-7(12)2-3-8(6)13-11(17)9-5-10(16)15-14-9/h2-4H,5H2,1H3,(H,13,17)(H,15,16). The summed E-state index contributed by atoms with van der Waals surface area (Å²) in [7, 11) is 0. The average Bonchev–Trinajstić information content (AvgIpc) is 2.69. The molecule has 0 atom stereocenters. The van der Waals surface area contributed by atoms with Crippen molar-refractivity contribution in [3.05, 3.63) is 28.8 Å². The SMILES string of the molecule is Cc1cc(Cl)ccc1NC(=O)C1=NNC(=O)C1. The quantitative estimate of drug-likeness (QED) is 0.835. The second-order valence-corrected chi connectivity index (χ2v) is 4.12. The number of rotatable bonds is 2. The molecule has 1 aliphatic rings. The van der Waals surface area contributed by atoms with Crippen LogP contribution in [-0.2, 0) is 9.59 Å². The summed E-state index contributed by atoms with van der Waals surface area (Å²) in [6.45, 7) is 1.83. The van der Waals surface area contributed by atoms with E-state index in [9.17, 15) is 9.59 Å². The van der Waals surface area contributed by atoms with E-state index in [1.54, 1.807) is 18.2 Å². The van der Waals surface area contributed by atoms with Gasteiger partial charge in [0.1, 0.15) is 5.71 Å². The normalized spacial score (nSPS) is 14.2. The van der Waals surface area contributed by atoms with Gasteiger partial charge in [0.25, 0.3) is 5.91 Å². The summed E-state index contributed by atoms with van der Waals surface area (Å²) in [5.74, 6) is -0.656. The van der Waals surface area contributed by atoms with Gasteiger partial charge in [0.2, 0.25) is 5.91 Å². The minimum atomic E-state index is -0.381. The molecule has 1 heterocycles. The van der Waals surface area contributed by atoms with Gasteiger partial charge in [-0.2, -0.15) is 5.10 Å². The first-order valence-electron chi connectivity index (χ1n) is 4.99. The van der Waals surface area contributed by atoms with E-state index in [0.29, 0.717) is 10.7 Å². The zero-order chi connectivity index (χ0) is 12.4. The molecule has 5 nitrogen and oxygen atoms in total. The van der Waals surface area contributed by atoms with E-state index in [-0.39, 0.29) is 23.9 Å². The van der Waals surface area contributed by atoms with Crippen molar-refractivity contribution in [2.75, 3.05) is 5.32 Å². The Bertz CT molecular complexity index is 525. The molecule has 0 aromatic heterocycles. The number of benzene rings is 1. The number of hydrazone groups is 1. The smallest absolute Gasteiger partial charge is 0.272 e. The molecular formula is C11H10ClN3O2. The Labute approximate surface area is 103 Å². The molecule has 0 saturated heterocycles. The molecule has 0 aliphatic carbocycles. The Balaban J connectivity index is 2.11. The van der Waals surface area contributed by atoms with Crippen molar-refractivity contribution in [2.24, 2.45) is 5.10 Å². The Morgan fingerprint density at radius 3 is 2.88 bits per heavy atom. The fraction of sp³-hybridized carbons (Fsp3) is 0.182. The van der Waals surface area contributed by atoms with Crippen LogP contribution >= 0.6 is 11.6 Å². The maximum absolute atomic E-state index is 11.7. The zero-order valence-electron chi connectivity index (χ0n) is 9.08. The largest absolute Gasteiger partial charge is 0.321 e. The van der Waals surface area contributed by atoms with Crippen molar-refractivity contribution >= 4 is 34.8 Å². The molecule has 0 radical (unpaired) electrons. The van der Waals surface area contributed by atoms with Crippen LogP contribution in [0.5, 0.6) is 0 Å². The van der Waals surface area contributed by atoms with Gasteiger partial charge in [-0.05, 0) is 30.7 Å². The minimum Gasteiger partial charge on any atom is -0.321 e. The molecule has 1 aliphatic heterocycles. The van der Waals surface area contributed by atoms with Gasteiger partial charge >= 0.3 is 0 Å². The van der Waals surface area contributed by atoms with Crippen LogP contribution < -0.4 is 10.7 Å². The summed E-state index contributed by atoms with van der Waals surface area (Å²) in [6, 6.07) is 5.14. The lowest BCUT2D eigenvalue weighted by atomic mass is 10.2. The number of carbonyl (C=O) groups is 2. The Hall–Kier alpha value is -1.88. The molecule has 17 heavy (non-hydrogen) atoms. The van der Waals surface area contributed by atoms with E-state index < -0.39 is 0 Å². The van der Waals surface area contributed by atoms with Crippen LogP contribution in [0.25, 0.3) is 0 Å². The first-order chi connectivity index (χ1) is 8.06. The lowest BCUT2D eigenvalue weighted by Gasteiger charge is -2.07. The van der Waals surface area contributed by atoms with Crippen LogP contribution in [0.15, 0.2) is 23.3 Å². The van der Waals surface area contributed by atoms with Crippen LogP contribution in [0.1, 0.15) is 12.0 Å². The molecular weight excluding hydrogens is 242 g/mol. The molecule has 0 bridgehead atoms. The lowest BCUT2D eigenvalue weighted by Crippen LogP contribution is -2.22. The number of aryl methyl sites for hydroxylation is 1. The second kappa shape index (κ2) is 4.55. The summed E-state index contributed by atoms with van der Waals surface area (Å²) in [5, 5.41) is 6.93. The summed E-state index contributed by atoms with van der Waals surface area (Å²) in [6.07, 6.45) is 0.0124. The molecule has 2 amide bonds. The predicted octanol–water partition coefficient (Wildman–Crippen LogP) is 1.46. The molecule has 2 rings (SSSR count). The molecule has 0 spiro atoms. The number of amides is 2. The first-order valence-corrected chi connectivity index (χ1v) is 5.37. The third-order valence-electron chi connectivity index (χ3n) is 2.34. The Morgan fingerprint density at radius 1 is 1.53 bits per heavy atom. The Kier molecular flexibility index (Phi) is 3.10. The number of carbonyl (C=O) groups excluding carboxylic acids is 2. The van der Waals surface area contributed by atoms with E-state index in [1.807, 2.05) is 6.92 Å². The number of nitrogens with zero attached hydrogens (tertiary/aromatic N) is 1. The number of hydrogen-bond donors (Lipinski definition) is 2. The summed E-state index contributed by atoms with van der Waals surface area (Å²) >= 11 is 5.81. The average molecular weight is 252 g/mol. The molecule has 0 fully saturated rings. The highest BCUT2D eigenvalue weighted by molar-refractivity contribution is 6.46. The highest BCUT2D eigenvalue weighted by Crippen LogP contribution is 2.19. The third-order valence-corrected chi connectivity index (χ3v) is 2.58. The highest BCUT2D eigenvalue weighted by Gasteiger charge is 2.21. The molecule has 88 valence electrons. The molecule has 1 aromatic carbocycles. The van der Waals surface area contributed by atoms with Crippen molar-refractivity contribution in [1.29, 1.82) is 0 Å². The van der Waals surface area contributed by atoms with Crippen molar-refractivity contribution in [3.8, 4) is 0 Å². The highest BCUT2D eigenvalue weighted by atomic mass is 35.5. The molecule has 2 N–H and O–H groups in total. The van der Waals surface area contributed by atoms with Crippen molar-refractivity contribution in [2.45, 2.75) is 13.3 Å². The van der Waals surface area contributed by atoms with Crippen LogP contribution in [-0.4, -0.2) is 17.5 Å². The molecule has 0 unspecified atom stereocenters. The zero-order valence-corrected chi connectivity index (χ0v) is 9.84. The van der Waals surface area contributed by atoms with Gasteiger partial charge in [0.05, 0.1) is 6.42 Å². The fourth-order valence-electron chi connectivity index (χ4n) is 1.45. The molecule has 1 aromatic rings. The van der Waals surface area contributed by atoms with Gasteiger partial charge in [0, 0.05) is 10.7 Å². The third kappa shape index (κ3) is 2.62. The van der Waals surface area contributed by atoms with E-state index in [1.165, 1.54) is 0 Å². The Morgan fingerprint density at radius 2 is 2.29 bits per heavy atom. The van der Waals surface area contributed by atoms with Gasteiger partial charge in [-0.15, -0.1) is 0 Å². The van der Waals surface area contributed by atoms with Crippen LogP contribution in [0.3, 0.4) is 0 Å². The summed E-state index contributed by atoms with van der Waals surface area (Å²) < 4.78 is 0. The number of anilines is 1. The van der Waals surface area contributed by atoms with E-state index >= 15 is 0 Å². The maximum Gasteiger partial charge on any atom is 0.272 e. The van der Waals surface area contributed by atoms with Crippen molar-refractivity contribution < 1.29 is 9.59 Å². The first kappa shape index (κ1) is 11.6. The second-order valence-electron chi connectivity index (χ2n) is 3.68. The topological polar surface area (TPSA) is 70.6 Å². The van der Waals surface area contributed by atoms with Gasteiger partial charge in [0.15, 0.2) is 0 Å². The van der Waals surface area contributed by atoms with Crippen molar-refractivity contribution in [1.82, 2.24) is 5.43 Å². The van der Waals surface area contributed by atoms with E-state index in [0.717, 1.165) is 5.56 Å². The summed E-state index contributed by atoms with van der Waals surface area (Å²) in [4.78, 5) is 22.6. The molecule has 6 heteroatoms. The fourth-order valence-corrected chi connectivity index (χ4v) is 1.68. The molecule has 0 saturated carbocycles. The van der Waals surface area contributed by atoms with E-state index in [4.69, 9.17) is 11.6 Å². The monoisotopic (exact) mass is 251 g/mol. The van der Waals surface area contributed by atoms with Crippen molar-refractivity contribution in [3.63, 3.8) is 0 Å². The number of halogens is 1.